The third-order valence-corrected chi connectivity index (χ3v) is 3.80. The van der Waals surface area contributed by atoms with E-state index in [1.165, 1.54) is 11.1 Å². The summed E-state index contributed by atoms with van der Waals surface area (Å²) in [5.74, 6) is 0.372. The van der Waals surface area contributed by atoms with Crippen LogP contribution in [0.5, 0.6) is 0 Å². The van der Waals surface area contributed by atoms with Crippen LogP contribution in [0.25, 0.3) is 0 Å². The van der Waals surface area contributed by atoms with E-state index in [2.05, 4.69) is 19.2 Å². The molecule has 0 aliphatic heterocycles. The van der Waals surface area contributed by atoms with E-state index in [1.807, 2.05) is 18.2 Å². The van der Waals surface area contributed by atoms with Crippen molar-refractivity contribution in [3.63, 3.8) is 0 Å². The number of hydrogen-bond donors (Lipinski definition) is 2. The van der Waals surface area contributed by atoms with Gasteiger partial charge in [-0.05, 0) is 48.4 Å². The van der Waals surface area contributed by atoms with E-state index in [0.717, 1.165) is 17.9 Å². The summed E-state index contributed by atoms with van der Waals surface area (Å²) < 4.78 is 0. The first-order chi connectivity index (χ1) is 8.97. The molecule has 0 saturated heterocycles. The summed E-state index contributed by atoms with van der Waals surface area (Å²) in [6, 6.07) is 5.52. The monoisotopic (exact) mass is 316 g/mol. The maximum Gasteiger partial charge on any atom is 0.237 e. The predicted molar refractivity (Wildman–Crippen MR) is 85.3 cm³/mol. The van der Waals surface area contributed by atoms with Gasteiger partial charge in [0, 0.05) is 5.02 Å². The number of hydrogen-bond acceptors (Lipinski definition) is 2. The van der Waals surface area contributed by atoms with Crippen molar-refractivity contribution < 1.29 is 4.79 Å². The fraction of sp³-hybridized carbons (Fsp3) is 0.533. The van der Waals surface area contributed by atoms with Gasteiger partial charge < -0.3 is 11.1 Å². The second-order valence-electron chi connectivity index (χ2n) is 5.68. The van der Waals surface area contributed by atoms with Crippen molar-refractivity contribution in [2.45, 2.75) is 45.2 Å². The van der Waals surface area contributed by atoms with Gasteiger partial charge in [0.1, 0.15) is 0 Å². The van der Waals surface area contributed by atoms with E-state index >= 15 is 0 Å². The van der Waals surface area contributed by atoms with E-state index in [-0.39, 0.29) is 24.4 Å². The highest BCUT2D eigenvalue weighted by molar-refractivity contribution is 6.30. The summed E-state index contributed by atoms with van der Waals surface area (Å²) >= 11 is 5.98. The van der Waals surface area contributed by atoms with E-state index in [0.29, 0.717) is 12.3 Å². The molecule has 0 heterocycles. The van der Waals surface area contributed by atoms with Crippen LogP contribution in [0.4, 0.5) is 0 Å². The zero-order valence-electron chi connectivity index (χ0n) is 11.9. The Morgan fingerprint density at radius 1 is 1.50 bits per heavy atom. The van der Waals surface area contributed by atoms with E-state index in [1.54, 1.807) is 0 Å². The van der Waals surface area contributed by atoms with Crippen LogP contribution >= 0.6 is 24.0 Å². The molecule has 0 radical (unpaired) electrons. The summed E-state index contributed by atoms with van der Waals surface area (Å²) in [5, 5.41) is 3.80. The highest BCUT2D eigenvalue weighted by atomic mass is 35.5. The Morgan fingerprint density at radius 2 is 2.20 bits per heavy atom. The highest BCUT2D eigenvalue weighted by Gasteiger charge is 2.26. The van der Waals surface area contributed by atoms with E-state index in [4.69, 9.17) is 17.3 Å². The second-order valence-corrected chi connectivity index (χ2v) is 6.12. The van der Waals surface area contributed by atoms with Crippen LogP contribution < -0.4 is 11.1 Å². The summed E-state index contributed by atoms with van der Waals surface area (Å²) in [7, 11) is 0. The molecule has 20 heavy (non-hydrogen) atoms. The number of halogens is 2. The Hall–Kier alpha value is -0.770. The Labute approximate surface area is 131 Å². The summed E-state index contributed by atoms with van der Waals surface area (Å²) in [6.45, 7) is 4.14. The van der Waals surface area contributed by atoms with Crippen LogP contribution in [0.3, 0.4) is 0 Å². The lowest BCUT2D eigenvalue weighted by Gasteiger charge is -2.19. The molecule has 3 N–H and O–H groups in total. The first-order valence-corrected chi connectivity index (χ1v) is 7.19. The quantitative estimate of drug-likeness (QED) is 0.896. The first kappa shape index (κ1) is 17.3. The van der Waals surface area contributed by atoms with E-state index < -0.39 is 6.04 Å². The van der Waals surface area contributed by atoms with Gasteiger partial charge in [0.25, 0.3) is 0 Å². The SMILES string of the molecule is CC(C)C[C@H](N)C(=O)NC1CCc2cc(Cl)ccc21.Cl. The van der Waals surface area contributed by atoms with Crippen LogP contribution in [0.15, 0.2) is 18.2 Å². The minimum atomic E-state index is -0.420. The summed E-state index contributed by atoms with van der Waals surface area (Å²) in [4.78, 5) is 12.0. The Bertz CT molecular complexity index is 477. The number of carbonyl (C=O) groups excluding carboxylic acids is 1. The van der Waals surface area contributed by atoms with Gasteiger partial charge in [-0.15, -0.1) is 12.4 Å². The first-order valence-electron chi connectivity index (χ1n) is 6.81. The normalized spacial score (nSPS) is 18.4. The zero-order valence-corrected chi connectivity index (χ0v) is 13.4. The number of rotatable bonds is 4. The lowest BCUT2D eigenvalue weighted by atomic mass is 10.0. The lowest BCUT2D eigenvalue weighted by molar-refractivity contribution is -0.123. The number of amides is 1. The number of nitrogens with two attached hydrogens (primary N) is 1. The molecule has 2 atom stereocenters. The molecule has 0 aromatic heterocycles. The van der Waals surface area contributed by atoms with Gasteiger partial charge in [0.15, 0.2) is 0 Å². The minimum Gasteiger partial charge on any atom is -0.348 e. The predicted octanol–water partition coefficient (Wildman–Crippen LogP) is 3.24. The molecule has 1 aliphatic carbocycles. The standard InChI is InChI=1S/C15H21ClN2O.ClH/c1-9(2)7-13(17)15(19)18-14-6-3-10-8-11(16)4-5-12(10)14;/h4-5,8-9,13-14H,3,6-7,17H2,1-2H3,(H,18,19);1H/t13-,14?;/m0./s1. The molecule has 1 amide bonds. The van der Waals surface area contributed by atoms with Gasteiger partial charge in [-0.25, -0.2) is 0 Å². The number of nitrogens with one attached hydrogen (secondary N) is 1. The van der Waals surface area contributed by atoms with Crippen molar-refractivity contribution in [2.24, 2.45) is 11.7 Å². The average Bonchev–Trinajstić information content (AvgIpc) is 2.70. The number of carbonyl (C=O) groups is 1. The second kappa shape index (κ2) is 7.30. The molecule has 1 aromatic carbocycles. The van der Waals surface area contributed by atoms with Crippen LogP contribution in [-0.4, -0.2) is 11.9 Å². The smallest absolute Gasteiger partial charge is 0.237 e. The maximum atomic E-state index is 12.0. The van der Waals surface area contributed by atoms with Crippen molar-refractivity contribution in [1.82, 2.24) is 5.32 Å². The van der Waals surface area contributed by atoms with Crippen LogP contribution in [0, 0.1) is 5.92 Å². The van der Waals surface area contributed by atoms with Crippen molar-refractivity contribution in [3.05, 3.63) is 34.3 Å². The Kier molecular flexibility index (Phi) is 6.31. The topological polar surface area (TPSA) is 55.1 Å². The zero-order chi connectivity index (χ0) is 14.0. The molecule has 0 saturated carbocycles. The van der Waals surface area contributed by atoms with Gasteiger partial charge >= 0.3 is 0 Å². The lowest BCUT2D eigenvalue weighted by Crippen LogP contribution is -2.42. The summed E-state index contributed by atoms with van der Waals surface area (Å²) in [5.41, 5.74) is 8.31. The van der Waals surface area contributed by atoms with Gasteiger partial charge in [0.2, 0.25) is 5.91 Å². The Morgan fingerprint density at radius 3 is 2.85 bits per heavy atom. The molecule has 1 aromatic rings. The Balaban J connectivity index is 0.00000200. The van der Waals surface area contributed by atoms with Crippen molar-refractivity contribution in [3.8, 4) is 0 Å². The third-order valence-electron chi connectivity index (χ3n) is 3.56. The average molecular weight is 317 g/mol. The van der Waals surface area contributed by atoms with Crippen LogP contribution in [-0.2, 0) is 11.2 Å². The van der Waals surface area contributed by atoms with Crippen molar-refractivity contribution >= 4 is 29.9 Å². The van der Waals surface area contributed by atoms with Gasteiger partial charge in [-0.2, -0.15) is 0 Å². The molecular formula is C15H22Cl2N2O. The molecule has 0 fully saturated rings. The highest BCUT2D eigenvalue weighted by Crippen LogP contribution is 2.32. The molecule has 3 nitrogen and oxygen atoms in total. The molecule has 1 aliphatic rings. The van der Waals surface area contributed by atoms with Gasteiger partial charge in [-0.3, -0.25) is 4.79 Å². The molecule has 112 valence electrons. The van der Waals surface area contributed by atoms with Crippen molar-refractivity contribution in [2.75, 3.05) is 0 Å². The third kappa shape index (κ3) is 4.11. The molecule has 5 heteroatoms. The van der Waals surface area contributed by atoms with E-state index in [9.17, 15) is 4.79 Å². The fourth-order valence-corrected chi connectivity index (χ4v) is 2.82. The fourth-order valence-electron chi connectivity index (χ4n) is 2.63. The number of benzene rings is 1. The molecule has 1 unspecified atom stereocenters. The molecule has 2 rings (SSSR count). The van der Waals surface area contributed by atoms with Crippen LogP contribution in [0.1, 0.15) is 43.9 Å². The summed E-state index contributed by atoms with van der Waals surface area (Å²) in [6.07, 6.45) is 2.60. The van der Waals surface area contributed by atoms with Gasteiger partial charge in [-0.1, -0.05) is 31.5 Å². The van der Waals surface area contributed by atoms with Gasteiger partial charge in [0.05, 0.1) is 12.1 Å². The number of aryl methyl sites for hydroxylation is 1. The van der Waals surface area contributed by atoms with Crippen LogP contribution in [0.2, 0.25) is 5.02 Å². The van der Waals surface area contributed by atoms with Crippen molar-refractivity contribution in [1.29, 1.82) is 0 Å². The maximum absolute atomic E-state index is 12.0. The number of fused-ring (bicyclic) bond motifs is 1. The largest absolute Gasteiger partial charge is 0.348 e. The molecular weight excluding hydrogens is 295 g/mol. The molecule has 0 bridgehead atoms. The molecule has 0 spiro atoms. The minimum absolute atomic E-state index is 0.